The summed E-state index contributed by atoms with van der Waals surface area (Å²) in [5.41, 5.74) is 11.9. The summed E-state index contributed by atoms with van der Waals surface area (Å²) in [6.07, 6.45) is -8.56. The molecule has 11 atom stereocenters. The molecular weight excluding hydrogens is 729 g/mol. The maximum absolute atomic E-state index is 12.7. The Bertz CT molecular complexity index is 2000. The molecule has 0 amide bonds. The number of fused-ring (bicyclic) bond motifs is 2. The second-order valence-electron chi connectivity index (χ2n) is 10.4. The highest BCUT2D eigenvalue weighted by Crippen LogP contribution is 2.68. The molecule has 0 spiro atoms. The van der Waals surface area contributed by atoms with Gasteiger partial charge in [0.1, 0.15) is 60.3 Å². The van der Waals surface area contributed by atoms with Gasteiger partial charge in [-0.3, -0.25) is 18.2 Å². The molecule has 2 aliphatic rings. The monoisotopic (exact) mass is 756 g/mol. The molecule has 11 N–H and O–H groups in total. The van der Waals surface area contributed by atoms with Crippen molar-refractivity contribution in [2.24, 2.45) is 0 Å². The van der Waals surface area contributed by atoms with Crippen molar-refractivity contribution in [3.8, 4) is 0 Å². The van der Waals surface area contributed by atoms with E-state index in [1.807, 2.05) is 0 Å². The van der Waals surface area contributed by atoms with Crippen molar-refractivity contribution in [2.75, 3.05) is 24.7 Å². The third-order valence-electron chi connectivity index (χ3n) is 7.22. The Labute approximate surface area is 271 Å². The number of imidazole rings is 2. The van der Waals surface area contributed by atoms with Gasteiger partial charge in [0.25, 0.3) is 0 Å². The first-order chi connectivity index (χ1) is 23.0. The number of nitrogens with zero attached hydrogens (tertiary/aromatic N) is 8. The Morgan fingerprint density at radius 1 is 0.714 bits per heavy atom. The van der Waals surface area contributed by atoms with Crippen molar-refractivity contribution in [3.63, 3.8) is 0 Å². The third kappa shape index (κ3) is 7.09. The van der Waals surface area contributed by atoms with Crippen LogP contribution in [0.5, 0.6) is 0 Å². The first-order valence-electron chi connectivity index (χ1n) is 13.6. The molecule has 29 heteroatoms. The van der Waals surface area contributed by atoms with Gasteiger partial charge < -0.3 is 56.0 Å². The summed E-state index contributed by atoms with van der Waals surface area (Å²) in [5.74, 6) is -0.00308. The number of phosphoric acid groups is 3. The number of ether oxygens (including phenoxy) is 2. The van der Waals surface area contributed by atoms with Gasteiger partial charge in [0.15, 0.2) is 35.4 Å². The van der Waals surface area contributed by atoms with Crippen molar-refractivity contribution < 1.29 is 75.9 Å². The number of rotatable bonds is 12. The molecule has 0 bridgehead atoms. The van der Waals surface area contributed by atoms with Gasteiger partial charge in [-0.1, -0.05) is 0 Å². The average molecular weight is 756 g/mol. The van der Waals surface area contributed by atoms with Crippen LogP contribution in [0.4, 0.5) is 11.6 Å². The van der Waals surface area contributed by atoms with Crippen molar-refractivity contribution in [1.29, 1.82) is 0 Å². The molecule has 0 aromatic carbocycles. The lowest BCUT2D eigenvalue weighted by Gasteiger charge is -2.24. The average Bonchev–Trinajstić information content (AvgIpc) is 3.77. The number of aliphatic hydroxyl groups is 4. The predicted molar refractivity (Wildman–Crippen MR) is 155 cm³/mol. The third-order valence-corrected chi connectivity index (χ3v) is 11.5. The SMILES string of the molecule is Nc1ncnc2c1ncn2[C@@H]1O[C@H](COP(=O)(O)OP(=O)(O)OP(=O)(O)O[C@H]2[C@@H](O)[C@H](n3cnc4c(N)ncnc43)O[C@@H]2CO)[C@@H](O)[C@H]1O. The van der Waals surface area contributed by atoms with Crippen LogP contribution in [0.15, 0.2) is 25.3 Å². The van der Waals surface area contributed by atoms with Gasteiger partial charge in [0, 0.05) is 0 Å². The lowest BCUT2D eigenvalue weighted by Crippen LogP contribution is -2.35. The normalized spacial score (nSPS) is 31.2. The fourth-order valence-electron chi connectivity index (χ4n) is 5.08. The van der Waals surface area contributed by atoms with Crippen LogP contribution in [0.1, 0.15) is 12.5 Å². The maximum atomic E-state index is 12.7. The van der Waals surface area contributed by atoms with Crippen LogP contribution in [0.3, 0.4) is 0 Å². The molecule has 2 saturated heterocycles. The zero-order valence-corrected chi connectivity index (χ0v) is 26.9. The van der Waals surface area contributed by atoms with Gasteiger partial charge in [-0.15, -0.1) is 0 Å². The Hall–Kier alpha value is -3.13. The van der Waals surface area contributed by atoms with E-state index < -0.39 is 85.8 Å². The van der Waals surface area contributed by atoms with E-state index in [0.29, 0.717) is 0 Å². The van der Waals surface area contributed by atoms with E-state index in [0.717, 1.165) is 23.5 Å². The quantitative estimate of drug-likeness (QED) is 0.0671. The van der Waals surface area contributed by atoms with Gasteiger partial charge in [-0.25, -0.2) is 43.6 Å². The Balaban J connectivity index is 1.08. The minimum absolute atomic E-state index is 0.0124. The Kier molecular flexibility index (Phi) is 9.62. The van der Waals surface area contributed by atoms with Crippen LogP contribution in [-0.4, -0.2) is 124 Å². The van der Waals surface area contributed by atoms with Gasteiger partial charge in [0.05, 0.1) is 25.9 Å². The van der Waals surface area contributed by atoms with Crippen molar-refractivity contribution >= 4 is 57.4 Å². The molecule has 6 rings (SSSR count). The molecule has 4 aromatic heterocycles. The lowest BCUT2D eigenvalue weighted by atomic mass is 10.1. The Morgan fingerprint density at radius 3 is 1.78 bits per heavy atom. The number of hydrogen-bond donors (Lipinski definition) is 9. The summed E-state index contributed by atoms with van der Waals surface area (Å²) in [7, 11) is -17.5. The van der Waals surface area contributed by atoms with E-state index in [-0.39, 0.29) is 34.0 Å². The van der Waals surface area contributed by atoms with Crippen LogP contribution in [0.2, 0.25) is 0 Å². The topological polar surface area (TPSA) is 387 Å². The van der Waals surface area contributed by atoms with E-state index in [2.05, 4.69) is 43.0 Å². The van der Waals surface area contributed by atoms with Gasteiger partial charge >= 0.3 is 23.5 Å². The zero-order chi connectivity index (χ0) is 35.5. The molecule has 0 saturated carbocycles. The zero-order valence-electron chi connectivity index (χ0n) is 24.2. The van der Waals surface area contributed by atoms with Gasteiger partial charge in [0.2, 0.25) is 0 Å². The summed E-state index contributed by atoms with van der Waals surface area (Å²) in [5, 5.41) is 41.6. The second kappa shape index (κ2) is 13.2. The highest BCUT2D eigenvalue weighted by molar-refractivity contribution is 7.66. The maximum Gasteiger partial charge on any atom is 0.490 e. The number of anilines is 2. The van der Waals surface area contributed by atoms with Gasteiger partial charge in [-0.2, -0.15) is 8.62 Å². The van der Waals surface area contributed by atoms with E-state index in [9.17, 15) is 48.8 Å². The fraction of sp³-hybridized carbons (Fsp3) is 0.500. The molecule has 0 radical (unpaired) electrons. The molecule has 49 heavy (non-hydrogen) atoms. The first-order valence-corrected chi connectivity index (χ1v) is 18.1. The van der Waals surface area contributed by atoms with E-state index in [1.54, 1.807) is 0 Å². The molecule has 4 aromatic rings. The number of nitrogen functional groups attached to an aromatic ring is 2. The van der Waals surface area contributed by atoms with Crippen LogP contribution in [0.25, 0.3) is 22.3 Å². The van der Waals surface area contributed by atoms with Crippen LogP contribution in [0, 0.1) is 0 Å². The summed E-state index contributed by atoms with van der Waals surface area (Å²) in [6.45, 7) is -1.94. The number of nitrogens with two attached hydrogens (primary N) is 2. The summed E-state index contributed by atoms with van der Waals surface area (Å²) >= 11 is 0. The number of aliphatic hydroxyl groups excluding tert-OH is 4. The first kappa shape index (κ1) is 35.7. The number of hydrogen-bond acceptors (Lipinski definition) is 21. The largest absolute Gasteiger partial charge is 0.490 e. The highest BCUT2D eigenvalue weighted by atomic mass is 31.3. The minimum Gasteiger partial charge on any atom is -0.394 e. The molecule has 268 valence electrons. The predicted octanol–water partition coefficient (Wildman–Crippen LogP) is -2.56. The van der Waals surface area contributed by atoms with E-state index in [4.69, 9.17) is 25.5 Å². The standard InChI is InChI=1S/C20H27N10O16P3/c21-15-9-17(25-3-23-15)29(5-27-9)19-12(33)11(32)8(43-19)2-41-47(35,36)45-49(39,40)46-48(37,38)44-14-7(1-31)42-20(13(14)34)30-6-28-10-16(22)24-4-26-18(10)30/h3-8,11-14,19-20,31-34H,1-2H2,(H,35,36)(H,37,38)(H,39,40)(H2,21,23,25)(H2,22,24,26)/t7-,8-,11-,12-,13-,14-,19-,20-/m1/s1. The number of aromatic nitrogens is 8. The van der Waals surface area contributed by atoms with E-state index in [1.165, 1.54) is 10.9 Å². The van der Waals surface area contributed by atoms with Crippen LogP contribution in [-0.2, 0) is 40.8 Å². The molecule has 26 nitrogen and oxygen atoms in total. The minimum atomic E-state index is -6.01. The van der Waals surface area contributed by atoms with Gasteiger partial charge in [-0.05, 0) is 0 Å². The smallest absolute Gasteiger partial charge is 0.394 e. The molecule has 2 fully saturated rings. The highest BCUT2D eigenvalue weighted by Gasteiger charge is 2.52. The van der Waals surface area contributed by atoms with Crippen molar-refractivity contribution in [3.05, 3.63) is 25.3 Å². The molecule has 0 aliphatic carbocycles. The van der Waals surface area contributed by atoms with Crippen molar-refractivity contribution in [2.45, 2.75) is 49.1 Å². The van der Waals surface area contributed by atoms with Crippen LogP contribution < -0.4 is 11.5 Å². The summed E-state index contributed by atoms with van der Waals surface area (Å²) in [6, 6.07) is 0. The van der Waals surface area contributed by atoms with Crippen LogP contribution >= 0.6 is 23.5 Å². The summed E-state index contributed by atoms with van der Waals surface area (Å²) in [4.78, 5) is 53.8. The lowest BCUT2D eigenvalue weighted by molar-refractivity contribution is -0.0510. The summed E-state index contributed by atoms with van der Waals surface area (Å²) < 4.78 is 68.7. The number of phosphoric ester groups is 2. The fourth-order valence-corrected chi connectivity index (χ4v) is 8.80. The molecule has 3 unspecified atom stereocenters. The van der Waals surface area contributed by atoms with E-state index >= 15 is 0 Å². The van der Waals surface area contributed by atoms with Crippen molar-refractivity contribution in [1.82, 2.24) is 39.0 Å². The molecule has 6 heterocycles. The molecular formula is C20H27N10O16P3. The second-order valence-corrected chi connectivity index (χ2v) is 15.0. The molecule has 2 aliphatic heterocycles. The Morgan fingerprint density at radius 2 is 1.22 bits per heavy atom.